The Hall–Kier alpha value is -2.52. The fraction of sp³-hybridized carbons (Fsp3) is 0.381. The summed E-state index contributed by atoms with van der Waals surface area (Å²) in [6, 6.07) is 14.2. The lowest BCUT2D eigenvalue weighted by molar-refractivity contribution is 0.138. The monoisotopic (exact) mass is 480 g/mol. The first-order valence-electron chi connectivity index (χ1n) is 10.1. The molecule has 2 aromatic rings. The molecule has 0 radical (unpaired) electrons. The summed E-state index contributed by atoms with van der Waals surface area (Å²) >= 11 is 0. The Morgan fingerprint density at radius 3 is 2.38 bits per heavy atom. The molecule has 172 valence electrons. The van der Waals surface area contributed by atoms with Crippen LogP contribution < -0.4 is 5.73 Å². The summed E-state index contributed by atoms with van der Waals surface area (Å²) in [5.41, 5.74) is 6.96. The van der Waals surface area contributed by atoms with Crippen molar-refractivity contribution in [3.8, 4) is 0 Å². The molecule has 1 amide bonds. The number of rotatable bonds is 8. The van der Waals surface area contributed by atoms with Crippen molar-refractivity contribution in [2.75, 3.05) is 18.8 Å². The number of carbonyl (C=O) groups is 1. The molecule has 0 aromatic heterocycles. The average Bonchev–Trinajstić information content (AvgIpc) is 3.03. The number of nitrogens with two attached hydrogens (primary N) is 1. The lowest BCUT2D eigenvalue weighted by atomic mass is 10.0. The van der Waals surface area contributed by atoms with Gasteiger partial charge in [-0.05, 0) is 40.3 Å². The van der Waals surface area contributed by atoms with Gasteiger partial charge >= 0.3 is 14.3 Å². The van der Waals surface area contributed by atoms with Crippen LogP contribution in [-0.2, 0) is 25.5 Å². The first kappa shape index (κ1) is 24.1. The fourth-order valence-corrected chi connectivity index (χ4v) is 6.39. The zero-order valence-electron chi connectivity index (χ0n) is 17.9. The van der Waals surface area contributed by atoms with Gasteiger partial charge < -0.3 is 10.8 Å². The molecule has 1 saturated heterocycles. The van der Waals surface area contributed by atoms with Crippen LogP contribution in [0.1, 0.15) is 19.4 Å². The lowest BCUT2D eigenvalue weighted by Gasteiger charge is -2.27. The van der Waals surface area contributed by atoms with E-state index in [2.05, 4.69) is 0 Å². The minimum atomic E-state index is -3.91. The maximum atomic E-state index is 13.4. The second-order valence-corrected chi connectivity index (χ2v) is 11.1. The van der Waals surface area contributed by atoms with Crippen molar-refractivity contribution in [3.63, 3.8) is 0 Å². The molecule has 3 N–H and O–H groups in total. The molecule has 32 heavy (non-hydrogen) atoms. The molecule has 0 spiro atoms. The predicted molar refractivity (Wildman–Crippen MR) is 121 cm³/mol. The minimum Gasteiger partial charge on any atom is -0.462 e. The van der Waals surface area contributed by atoms with Gasteiger partial charge in [-0.25, -0.2) is 13.2 Å². The van der Waals surface area contributed by atoms with Crippen LogP contribution in [0, 0.1) is 5.92 Å². The summed E-state index contributed by atoms with van der Waals surface area (Å²) in [7, 11) is -6.56. The highest BCUT2D eigenvalue weighted by Crippen LogP contribution is 2.43. The third-order valence-electron chi connectivity index (χ3n) is 5.10. The molecule has 0 saturated carbocycles. The van der Waals surface area contributed by atoms with Gasteiger partial charge in [-0.3, -0.25) is 0 Å². The van der Waals surface area contributed by atoms with Gasteiger partial charge in [0.15, 0.2) is 6.10 Å². The summed E-state index contributed by atoms with van der Waals surface area (Å²) in [6.45, 7) is 3.82. The number of hydrogen-bond acceptors (Lipinski definition) is 6. The molecule has 3 atom stereocenters. The van der Waals surface area contributed by atoms with Gasteiger partial charge in [0.1, 0.15) is 6.04 Å². The SMILES string of the molecule is CC(C)CN(C[C@H]1O[P+](=O)N(C(=O)O)[C@H]1Cc1ccccc1)S(=O)(=O)c1ccc(N)cc1. The number of nitrogen functional groups attached to an aromatic ring is 1. The Labute approximate surface area is 188 Å². The van der Waals surface area contributed by atoms with Crippen molar-refractivity contribution < 1.29 is 27.4 Å². The van der Waals surface area contributed by atoms with Crippen LogP contribution in [0.15, 0.2) is 59.5 Å². The van der Waals surface area contributed by atoms with Crippen LogP contribution in [0.2, 0.25) is 0 Å². The van der Waals surface area contributed by atoms with Gasteiger partial charge in [0, 0.05) is 25.2 Å². The Morgan fingerprint density at radius 2 is 1.81 bits per heavy atom. The van der Waals surface area contributed by atoms with Gasteiger partial charge in [0.05, 0.1) is 4.90 Å². The minimum absolute atomic E-state index is 0.00290. The van der Waals surface area contributed by atoms with E-state index in [4.69, 9.17) is 10.3 Å². The number of amides is 1. The van der Waals surface area contributed by atoms with E-state index < -0.39 is 36.4 Å². The standard InChI is InChI=1S/C21H26N3O6PS/c1-15(2)13-23(32(28,29)18-10-8-17(22)9-11-18)14-20-19(12-16-6-4-3-5-7-16)24(21(25)26)31(27)30-20/h3-11,15,19-20H,12-14,22H2,1-2H3/p+1/t19-,20+/m0/s1. The Kier molecular flexibility index (Phi) is 7.51. The topological polar surface area (TPSA) is 130 Å². The first-order valence-corrected chi connectivity index (χ1v) is 12.7. The molecule has 1 heterocycles. The van der Waals surface area contributed by atoms with E-state index in [0.717, 1.165) is 10.2 Å². The summed E-state index contributed by atoms with van der Waals surface area (Å²) in [5, 5.41) is 9.61. The van der Waals surface area contributed by atoms with E-state index >= 15 is 0 Å². The molecule has 1 aliphatic heterocycles. The van der Waals surface area contributed by atoms with Crippen molar-refractivity contribution >= 4 is 30.0 Å². The van der Waals surface area contributed by atoms with Crippen molar-refractivity contribution in [2.45, 2.75) is 37.3 Å². The van der Waals surface area contributed by atoms with Gasteiger partial charge in [-0.15, -0.1) is 4.52 Å². The molecule has 9 nitrogen and oxygen atoms in total. The van der Waals surface area contributed by atoms with Crippen molar-refractivity contribution in [1.29, 1.82) is 0 Å². The molecule has 11 heteroatoms. The highest BCUT2D eigenvalue weighted by atomic mass is 32.2. The zero-order chi connectivity index (χ0) is 23.5. The third-order valence-corrected chi connectivity index (χ3v) is 8.22. The molecular formula is C21H27N3O6PS+. The first-order chi connectivity index (χ1) is 15.1. The molecule has 2 aromatic carbocycles. The van der Waals surface area contributed by atoms with E-state index in [1.807, 2.05) is 44.2 Å². The van der Waals surface area contributed by atoms with Crippen molar-refractivity contribution in [1.82, 2.24) is 8.98 Å². The number of anilines is 1. The third kappa shape index (κ3) is 5.45. The largest absolute Gasteiger partial charge is 0.652 e. The maximum absolute atomic E-state index is 13.4. The fourth-order valence-electron chi connectivity index (χ4n) is 3.62. The van der Waals surface area contributed by atoms with Crippen LogP contribution in [0.5, 0.6) is 0 Å². The molecule has 1 fully saturated rings. The second kappa shape index (κ2) is 9.95. The number of hydrogen-bond donors (Lipinski definition) is 2. The lowest BCUT2D eigenvalue weighted by Crippen LogP contribution is -2.46. The Balaban J connectivity index is 1.93. The van der Waals surface area contributed by atoms with Crippen molar-refractivity contribution in [2.24, 2.45) is 5.92 Å². The number of benzene rings is 2. The van der Waals surface area contributed by atoms with E-state index in [1.54, 1.807) is 0 Å². The smallest absolute Gasteiger partial charge is 0.462 e. The summed E-state index contributed by atoms with van der Waals surface area (Å²) < 4.78 is 46.8. The van der Waals surface area contributed by atoms with Gasteiger partial charge in [-0.2, -0.15) is 4.31 Å². The normalized spacial score (nSPS) is 20.2. The molecule has 0 aliphatic carbocycles. The van der Waals surface area contributed by atoms with Crippen LogP contribution in [0.4, 0.5) is 10.5 Å². The van der Waals surface area contributed by atoms with Gasteiger partial charge in [-0.1, -0.05) is 48.8 Å². The highest BCUT2D eigenvalue weighted by molar-refractivity contribution is 7.89. The van der Waals surface area contributed by atoms with E-state index in [9.17, 15) is 22.9 Å². The van der Waals surface area contributed by atoms with Gasteiger partial charge in [0.2, 0.25) is 10.0 Å². The molecule has 1 aliphatic rings. The van der Waals surface area contributed by atoms with Crippen LogP contribution in [0.25, 0.3) is 0 Å². The maximum Gasteiger partial charge on any atom is 0.652 e. The Bertz CT molecular complexity index is 1060. The summed E-state index contributed by atoms with van der Waals surface area (Å²) in [5.74, 6) is -0.00290. The van der Waals surface area contributed by atoms with E-state index in [0.29, 0.717) is 5.69 Å². The number of sulfonamides is 1. The highest BCUT2D eigenvalue weighted by Gasteiger charge is 2.56. The molecular weight excluding hydrogens is 453 g/mol. The Morgan fingerprint density at radius 1 is 1.19 bits per heavy atom. The van der Waals surface area contributed by atoms with Crippen molar-refractivity contribution in [3.05, 3.63) is 60.2 Å². The quantitative estimate of drug-likeness (QED) is 0.436. The van der Waals surface area contributed by atoms with Crippen LogP contribution in [0.3, 0.4) is 0 Å². The average molecular weight is 481 g/mol. The number of nitrogens with zero attached hydrogens (tertiary/aromatic N) is 2. The van der Waals surface area contributed by atoms with Crippen LogP contribution in [-0.4, -0.2) is 53.8 Å². The molecule has 1 unspecified atom stereocenters. The van der Waals surface area contributed by atoms with Crippen LogP contribution >= 0.6 is 8.18 Å². The van der Waals surface area contributed by atoms with E-state index in [1.165, 1.54) is 28.6 Å². The van der Waals surface area contributed by atoms with Gasteiger partial charge in [0.25, 0.3) is 0 Å². The number of carboxylic acid groups (broad SMARTS) is 1. The summed E-state index contributed by atoms with van der Waals surface area (Å²) in [4.78, 5) is 11.9. The second-order valence-electron chi connectivity index (χ2n) is 8.05. The zero-order valence-corrected chi connectivity index (χ0v) is 19.6. The van der Waals surface area contributed by atoms with E-state index in [-0.39, 0.29) is 30.3 Å². The summed E-state index contributed by atoms with van der Waals surface area (Å²) in [6.07, 6.45) is -2.01. The molecule has 0 bridgehead atoms. The predicted octanol–water partition coefficient (Wildman–Crippen LogP) is 3.56. The molecule has 3 rings (SSSR count).